The number of likely N-dealkylation sites (N-methyl/N-ethyl adjacent to an activating group) is 1. The maximum atomic E-state index is 12.4. The third-order valence-electron chi connectivity index (χ3n) is 3.91. The van der Waals surface area contributed by atoms with E-state index in [1.165, 1.54) is 4.90 Å². The highest BCUT2D eigenvalue weighted by atomic mass is 16.5. The first-order valence-electron chi connectivity index (χ1n) is 8.69. The molecule has 0 spiro atoms. The number of anilines is 1. The van der Waals surface area contributed by atoms with Gasteiger partial charge < -0.3 is 15.0 Å². The van der Waals surface area contributed by atoms with Crippen molar-refractivity contribution in [2.45, 2.75) is 33.2 Å². The molecule has 26 heavy (non-hydrogen) atoms. The molecule has 2 amide bonds. The van der Waals surface area contributed by atoms with Crippen LogP contribution in [0.1, 0.15) is 31.9 Å². The molecule has 140 valence electrons. The van der Waals surface area contributed by atoms with Crippen molar-refractivity contribution in [2.24, 2.45) is 0 Å². The van der Waals surface area contributed by atoms with Gasteiger partial charge in [-0.15, -0.1) is 0 Å². The monoisotopic (exact) mass is 358 g/mol. The molecule has 1 unspecified atom stereocenters. The van der Waals surface area contributed by atoms with Crippen molar-refractivity contribution < 1.29 is 14.3 Å². The van der Waals surface area contributed by atoms with Gasteiger partial charge in [0.05, 0.1) is 18.8 Å². The highest BCUT2D eigenvalue weighted by molar-refractivity contribution is 5.96. The van der Waals surface area contributed by atoms with Gasteiger partial charge in [0, 0.05) is 19.4 Å². The average Bonchev–Trinajstić information content (AvgIpc) is 3.15. The lowest BCUT2D eigenvalue weighted by atomic mass is 10.2. The molecule has 1 aromatic carbocycles. The molecule has 0 fully saturated rings. The van der Waals surface area contributed by atoms with Gasteiger partial charge in [-0.2, -0.15) is 5.10 Å². The van der Waals surface area contributed by atoms with Gasteiger partial charge in [-0.3, -0.25) is 14.3 Å². The number of benzene rings is 1. The Morgan fingerprint density at radius 2 is 2.15 bits per heavy atom. The zero-order valence-corrected chi connectivity index (χ0v) is 15.7. The van der Waals surface area contributed by atoms with Gasteiger partial charge in [-0.05, 0) is 44.0 Å². The van der Waals surface area contributed by atoms with Gasteiger partial charge in [-0.25, -0.2) is 0 Å². The molecule has 0 bridgehead atoms. The Kier molecular flexibility index (Phi) is 6.77. The van der Waals surface area contributed by atoms with E-state index in [0.29, 0.717) is 18.0 Å². The fourth-order valence-electron chi connectivity index (χ4n) is 2.49. The number of nitrogens with one attached hydrogen (secondary N) is 1. The van der Waals surface area contributed by atoms with E-state index in [1.807, 2.05) is 32.0 Å². The number of aromatic nitrogens is 2. The average molecular weight is 358 g/mol. The zero-order chi connectivity index (χ0) is 19.1. The zero-order valence-electron chi connectivity index (χ0n) is 15.7. The van der Waals surface area contributed by atoms with Crippen LogP contribution in [0.4, 0.5) is 5.69 Å². The van der Waals surface area contributed by atoms with Crippen molar-refractivity contribution in [1.29, 1.82) is 0 Å². The summed E-state index contributed by atoms with van der Waals surface area (Å²) in [4.78, 5) is 26.2. The summed E-state index contributed by atoms with van der Waals surface area (Å²) in [6, 6.07) is 6.90. The third-order valence-corrected chi connectivity index (χ3v) is 3.91. The fraction of sp³-hybridized carbons (Fsp3) is 0.421. The van der Waals surface area contributed by atoms with Crippen molar-refractivity contribution in [3.63, 3.8) is 0 Å². The molecule has 0 radical (unpaired) electrons. The molecule has 1 aromatic heterocycles. The molecule has 0 aliphatic rings. The van der Waals surface area contributed by atoms with Crippen LogP contribution < -0.4 is 10.1 Å². The van der Waals surface area contributed by atoms with Crippen LogP contribution in [0.15, 0.2) is 36.7 Å². The number of amides is 2. The van der Waals surface area contributed by atoms with E-state index < -0.39 is 6.04 Å². The highest BCUT2D eigenvalue weighted by Crippen LogP contribution is 2.26. The SMILES string of the molecule is CCCOc1cc(C)ccc1NC(=O)CN(C)C(=O)C(C)n1cccn1. The highest BCUT2D eigenvalue weighted by Gasteiger charge is 2.21. The van der Waals surface area contributed by atoms with Gasteiger partial charge in [0.15, 0.2) is 0 Å². The summed E-state index contributed by atoms with van der Waals surface area (Å²) in [6.45, 7) is 6.26. The number of carbonyl (C=O) groups is 2. The Hall–Kier alpha value is -2.83. The number of carbonyl (C=O) groups excluding carboxylic acids is 2. The lowest BCUT2D eigenvalue weighted by Gasteiger charge is -2.21. The first kappa shape index (κ1) is 19.5. The number of aryl methyl sites for hydroxylation is 1. The maximum absolute atomic E-state index is 12.4. The molecule has 1 atom stereocenters. The molecule has 7 heteroatoms. The van der Waals surface area contributed by atoms with E-state index in [-0.39, 0.29) is 18.4 Å². The topological polar surface area (TPSA) is 76.5 Å². The van der Waals surface area contributed by atoms with E-state index in [9.17, 15) is 9.59 Å². The molecule has 2 aromatic rings. The Labute approximate surface area is 153 Å². The normalized spacial score (nSPS) is 11.7. The maximum Gasteiger partial charge on any atom is 0.247 e. The lowest BCUT2D eigenvalue weighted by Crippen LogP contribution is -2.38. The number of nitrogens with zero attached hydrogens (tertiary/aromatic N) is 3. The Balaban J connectivity index is 1.98. The first-order chi connectivity index (χ1) is 12.4. The summed E-state index contributed by atoms with van der Waals surface area (Å²) in [6.07, 6.45) is 4.22. The van der Waals surface area contributed by atoms with Crippen molar-refractivity contribution >= 4 is 17.5 Å². The molecule has 0 saturated carbocycles. The van der Waals surface area contributed by atoms with E-state index in [1.54, 1.807) is 37.1 Å². The number of ether oxygens (including phenoxy) is 1. The number of rotatable bonds is 8. The predicted molar refractivity (Wildman–Crippen MR) is 100 cm³/mol. The van der Waals surface area contributed by atoms with E-state index in [4.69, 9.17) is 4.74 Å². The molecule has 1 heterocycles. The van der Waals surface area contributed by atoms with Crippen LogP contribution in [-0.2, 0) is 9.59 Å². The Bertz CT molecular complexity index is 743. The Morgan fingerprint density at radius 3 is 2.81 bits per heavy atom. The minimum absolute atomic E-state index is 0.0501. The molecular weight excluding hydrogens is 332 g/mol. The first-order valence-corrected chi connectivity index (χ1v) is 8.69. The molecule has 2 rings (SSSR count). The lowest BCUT2D eigenvalue weighted by molar-refractivity contribution is -0.136. The summed E-state index contributed by atoms with van der Waals surface area (Å²) in [5.74, 6) is 0.174. The fourth-order valence-corrected chi connectivity index (χ4v) is 2.49. The summed E-state index contributed by atoms with van der Waals surface area (Å²) in [5, 5.41) is 6.89. The van der Waals surface area contributed by atoms with Crippen LogP contribution in [0.2, 0.25) is 0 Å². The predicted octanol–water partition coefficient (Wildman–Crippen LogP) is 2.64. The van der Waals surface area contributed by atoms with Crippen molar-refractivity contribution in [3.05, 3.63) is 42.2 Å². The van der Waals surface area contributed by atoms with Gasteiger partial charge in [0.1, 0.15) is 11.8 Å². The minimum Gasteiger partial charge on any atom is -0.491 e. The summed E-state index contributed by atoms with van der Waals surface area (Å²) < 4.78 is 7.26. The van der Waals surface area contributed by atoms with Crippen LogP contribution in [0.5, 0.6) is 5.75 Å². The van der Waals surface area contributed by atoms with E-state index in [0.717, 1.165) is 12.0 Å². The smallest absolute Gasteiger partial charge is 0.247 e. The number of hydrogen-bond acceptors (Lipinski definition) is 4. The van der Waals surface area contributed by atoms with Crippen LogP contribution in [0, 0.1) is 6.92 Å². The Morgan fingerprint density at radius 1 is 1.38 bits per heavy atom. The van der Waals surface area contributed by atoms with Gasteiger partial charge in [0.2, 0.25) is 11.8 Å². The molecule has 0 saturated heterocycles. The quantitative estimate of drug-likeness (QED) is 0.787. The second-order valence-corrected chi connectivity index (χ2v) is 6.25. The second-order valence-electron chi connectivity index (χ2n) is 6.25. The summed E-state index contributed by atoms with van der Waals surface area (Å²) in [7, 11) is 1.60. The van der Waals surface area contributed by atoms with E-state index >= 15 is 0 Å². The molecule has 0 aliphatic carbocycles. The number of hydrogen-bond donors (Lipinski definition) is 1. The van der Waals surface area contributed by atoms with Crippen LogP contribution >= 0.6 is 0 Å². The standard InChI is InChI=1S/C19H26N4O3/c1-5-11-26-17-12-14(2)7-8-16(17)21-18(24)13-22(4)19(25)15(3)23-10-6-9-20-23/h6-10,12,15H,5,11,13H2,1-4H3,(H,21,24). The van der Waals surface area contributed by atoms with E-state index in [2.05, 4.69) is 10.4 Å². The van der Waals surface area contributed by atoms with Crippen LogP contribution in [-0.4, -0.2) is 46.7 Å². The van der Waals surface area contributed by atoms with Crippen molar-refractivity contribution in [2.75, 3.05) is 25.5 Å². The van der Waals surface area contributed by atoms with Gasteiger partial charge in [-0.1, -0.05) is 13.0 Å². The van der Waals surface area contributed by atoms with Crippen molar-refractivity contribution in [3.8, 4) is 5.75 Å². The van der Waals surface area contributed by atoms with Crippen LogP contribution in [0.25, 0.3) is 0 Å². The second kappa shape index (κ2) is 9.03. The summed E-state index contributed by atoms with van der Waals surface area (Å²) >= 11 is 0. The summed E-state index contributed by atoms with van der Waals surface area (Å²) in [5.41, 5.74) is 1.66. The van der Waals surface area contributed by atoms with Gasteiger partial charge in [0.25, 0.3) is 0 Å². The van der Waals surface area contributed by atoms with Crippen LogP contribution in [0.3, 0.4) is 0 Å². The molecule has 7 nitrogen and oxygen atoms in total. The van der Waals surface area contributed by atoms with Crippen molar-refractivity contribution in [1.82, 2.24) is 14.7 Å². The van der Waals surface area contributed by atoms with Gasteiger partial charge >= 0.3 is 0 Å². The third kappa shape index (κ3) is 5.08. The minimum atomic E-state index is -0.467. The molecular formula is C19H26N4O3. The molecule has 1 N–H and O–H groups in total. The molecule has 0 aliphatic heterocycles. The largest absolute Gasteiger partial charge is 0.491 e.